The third-order valence-corrected chi connectivity index (χ3v) is 6.29. The van der Waals surface area contributed by atoms with Gasteiger partial charge >= 0.3 is 5.97 Å². The van der Waals surface area contributed by atoms with Gasteiger partial charge in [0.25, 0.3) is 0 Å². The maximum Gasteiger partial charge on any atom is 0.338 e. The van der Waals surface area contributed by atoms with E-state index in [4.69, 9.17) is 10.5 Å². The van der Waals surface area contributed by atoms with E-state index in [0.29, 0.717) is 31.4 Å². The van der Waals surface area contributed by atoms with Gasteiger partial charge in [-0.15, -0.1) is 0 Å². The van der Waals surface area contributed by atoms with Gasteiger partial charge in [-0.1, -0.05) is 36.4 Å². The first-order valence-electron chi connectivity index (χ1n) is 11.3. The molecule has 0 atom stereocenters. The SMILES string of the molecule is Nc1cccc(CC2=C(O)CC(CCc3ccc(F)cc3)(CCc3ccc(F)cc3)OC2=O)c1. The number of ether oxygens (including phenoxy) is 1. The second-order valence-electron chi connectivity index (χ2n) is 8.85. The van der Waals surface area contributed by atoms with E-state index in [-0.39, 0.29) is 35.8 Å². The van der Waals surface area contributed by atoms with Gasteiger partial charge < -0.3 is 15.6 Å². The number of carbonyl (C=O) groups excluding carboxylic acids is 1. The minimum atomic E-state index is -0.927. The summed E-state index contributed by atoms with van der Waals surface area (Å²) in [5.41, 5.74) is 8.35. The number of nitrogens with two attached hydrogens (primary N) is 1. The minimum absolute atomic E-state index is 0.0110. The Kier molecular flexibility index (Phi) is 6.96. The van der Waals surface area contributed by atoms with Gasteiger partial charge in [0.2, 0.25) is 0 Å². The van der Waals surface area contributed by atoms with Crippen LogP contribution in [0, 0.1) is 11.6 Å². The van der Waals surface area contributed by atoms with E-state index in [9.17, 15) is 18.7 Å². The lowest BCUT2D eigenvalue weighted by molar-refractivity contribution is -0.160. The van der Waals surface area contributed by atoms with Crippen LogP contribution in [-0.4, -0.2) is 16.7 Å². The molecule has 3 N–H and O–H groups in total. The summed E-state index contributed by atoms with van der Waals surface area (Å²) in [5, 5.41) is 10.9. The average Bonchev–Trinajstić information content (AvgIpc) is 2.81. The summed E-state index contributed by atoms with van der Waals surface area (Å²) in [6.07, 6.45) is 2.42. The number of aliphatic hydroxyl groups is 1. The number of anilines is 1. The standard InChI is InChI=1S/C28H27F2NO3/c29-22-8-4-19(5-9-22)12-14-28(15-13-20-6-10-23(30)11-7-20)18-26(32)25(27(33)34-28)17-21-2-1-3-24(31)16-21/h1-11,16,32H,12-15,17-18,31H2. The van der Waals surface area contributed by atoms with Gasteiger partial charge in [0.05, 0.1) is 5.57 Å². The second kappa shape index (κ2) is 10.1. The fraction of sp³-hybridized carbons (Fsp3) is 0.250. The Bertz CT molecular complexity index is 1140. The highest BCUT2D eigenvalue weighted by molar-refractivity contribution is 5.90. The molecule has 1 heterocycles. The molecule has 0 aliphatic carbocycles. The lowest BCUT2D eigenvalue weighted by Crippen LogP contribution is -2.41. The molecule has 0 aromatic heterocycles. The zero-order valence-corrected chi connectivity index (χ0v) is 18.8. The summed E-state index contributed by atoms with van der Waals surface area (Å²) in [6, 6.07) is 19.6. The lowest BCUT2D eigenvalue weighted by atomic mass is 9.82. The Labute approximate surface area is 197 Å². The number of aryl methyl sites for hydroxylation is 2. The molecule has 176 valence electrons. The van der Waals surface area contributed by atoms with Crippen LogP contribution in [0.4, 0.5) is 14.5 Å². The van der Waals surface area contributed by atoms with E-state index in [2.05, 4.69) is 0 Å². The number of halogens is 2. The molecule has 0 bridgehead atoms. The largest absolute Gasteiger partial charge is 0.512 e. The minimum Gasteiger partial charge on any atom is -0.512 e. The molecule has 4 nitrogen and oxygen atoms in total. The van der Waals surface area contributed by atoms with Gasteiger partial charge in [-0.05, 0) is 78.8 Å². The van der Waals surface area contributed by atoms with Crippen LogP contribution >= 0.6 is 0 Å². The number of aliphatic hydroxyl groups excluding tert-OH is 1. The van der Waals surface area contributed by atoms with Gasteiger partial charge in [-0.2, -0.15) is 0 Å². The van der Waals surface area contributed by atoms with Crippen molar-refractivity contribution in [2.45, 2.75) is 44.1 Å². The Hall–Kier alpha value is -3.67. The molecule has 0 saturated heterocycles. The molecule has 1 aliphatic heterocycles. The highest BCUT2D eigenvalue weighted by Crippen LogP contribution is 2.37. The molecular weight excluding hydrogens is 436 g/mol. The van der Waals surface area contributed by atoms with Gasteiger partial charge in [-0.3, -0.25) is 0 Å². The quantitative estimate of drug-likeness (QED) is 0.325. The Morgan fingerprint density at radius 2 is 1.41 bits per heavy atom. The third-order valence-electron chi connectivity index (χ3n) is 6.29. The van der Waals surface area contributed by atoms with E-state index >= 15 is 0 Å². The number of carbonyl (C=O) groups is 1. The van der Waals surface area contributed by atoms with Crippen LogP contribution in [0.15, 0.2) is 84.1 Å². The van der Waals surface area contributed by atoms with Crippen LogP contribution in [0.3, 0.4) is 0 Å². The molecule has 0 spiro atoms. The topological polar surface area (TPSA) is 72.6 Å². The number of hydrogen-bond donors (Lipinski definition) is 2. The average molecular weight is 464 g/mol. The summed E-state index contributed by atoms with van der Waals surface area (Å²) >= 11 is 0. The zero-order chi connectivity index (χ0) is 24.1. The van der Waals surface area contributed by atoms with E-state index in [0.717, 1.165) is 16.7 Å². The van der Waals surface area contributed by atoms with Crippen LogP contribution < -0.4 is 5.73 Å². The molecule has 1 aliphatic rings. The fourth-order valence-electron chi connectivity index (χ4n) is 4.36. The summed E-state index contributed by atoms with van der Waals surface area (Å²) < 4.78 is 32.6. The number of benzene rings is 3. The van der Waals surface area contributed by atoms with Gasteiger partial charge in [-0.25, -0.2) is 13.6 Å². The van der Waals surface area contributed by atoms with E-state index < -0.39 is 11.6 Å². The first kappa shape index (κ1) is 23.5. The summed E-state index contributed by atoms with van der Waals surface area (Å²) in [6.45, 7) is 0. The van der Waals surface area contributed by atoms with Crippen LogP contribution in [0.25, 0.3) is 0 Å². The molecule has 0 fully saturated rings. The molecule has 0 amide bonds. The van der Waals surface area contributed by atoms with E-state index in [1.807, 2.05) is 6.07 Å². The molecule has 0 saturated carbocycles. The van der Waals surface area contributed by atoms with E-state index in [1.54, 1.807) is 42.5 Å². The molecule has 3 aromatic rings. The lowest BCUT2D eigenvalue weighted by Gasteiger charge is -2.37. The number of cyclic esters (lactones) is 1. The molecule has 0 unspecified atom stereocenters. The van der Waals surface area contributed by atoms with Crippen molar-refractivity contribution in [2.75, 3.05) is 5.73 Å². The summed E-state index contributed by atoms with van der Waals surface area (Å²) in [5.74, 6) is -1.17. The van der Waals surface area contributed by atoms with Crippen molar-refractivity contribution in [2.24, 2.45) is 0 Å². The predicted molar refractivity (Wildman–Crippen MR) is 127 cm³/mol. The van der Waals surface area contributed by atoms with Crippen molar-refractivity contribution in [1.82, 2.24) is 0 Å². The monoisotopic (exact) mass is 463 g/mol. The number of nitrogen functional groups attached to an aromatic ring is 1. The Morgan fingerprint density at radius 1 is 0.853 bits per heavy atom. The number of esters is 1. The molecule has 4 rings (SSSR count). The summed E-state index contributed by atoms with van der Waals surface area (Å²) in [4.78, 5) is 13.1. The van der Waals surface area contributed by atoms with Crippen LogP contribution in [-0.2, 0) is 28.8 Å². The highest BCUT2D eigenvalue weighted by atomic mass is 19.1. The van der Waals surface area contributed by atoms with Crippen LogP contribution in [0.2, 0.25) is 0 Å². The van der Waals surface area contributed by atoms with Gasteiger partial charge in [0.1, 0.15) is 23.0 Å². The summed E-state index contributed by atoms with van der Waals surface area (Å²) in [7, 11) is 0. The van der Waals surface area contributed by atoms with Gasteiger partial charge in [0.15, 0.2) is 0 Å². The molecule has 6 heteroatoms. The number of rotatable bonds is 8. The normalized spacial score (nSPS) is 15.3. The zero-order valence-electron chi connectivity index (χ0n) is 18.8. The second-order valence-corrected chi connectivity index (χ2v) is 8.85. The molecule has 34 heavy (non-hydrogen) atoms. The highest BCUT2D eigenvalue weighted by Gasteiger charge is 2.41. The first-order valence-corrected chi connectivity index (χ1v) is 11.3. The maximum absolute atomic E-state index is 13.3. The molecule has 0 radical (unpaired) electrons. The van der Waals surface area contributed by atoms with Crippen LogP contribution in [0.5, 0.6) is 0 Å². The van der Waals surface area contributed by atoms with Crippen molar-refractivity contribution in [3.05, 3.63) is 112 Å². The van der Waals surface area contributed by atoms with Gasteiger partial charge in [0, 0.05) is 18.5 Å². The van der Waals surface area contributed by atoms with Crippen molar-refractivity contribution in [3.63, 3.8) is 0 Å². The third kappa shape index (κ3) is 5.81. The molecular formula is C28H27F2NO3. The van der Waals surface area contributed by atoms with Crippen LogP contribution in [0.1, 0.15) is 36.0 Å². The first-order chi connectivity index (χ1) is 16.3. The van der Waals surface area contributed by atoms with Crippen molar-refractivity contribution < 1.29 is 23.4 Å². The van der Waals surface area contributed by atoms with E-state index in [1.165, 1.54) is 24.3 Å². The number of hydrogen-bond acceptors (Lipinski definition) is 4. The smallest absolute Gasteiger partial charge is 0.338 e. The molecule has 3 aromatic carbocycles. The predicted octanol–water partition coefficient (Wildman–Crippen LogP) is 5.85. The van der Waals surface area contributed by atoms with Crippen molar-refractivity contribution >= 4 is 11.7 Å². The van der Waals surface area contributed by atoms with Crippen molar-refractivity contribution in [3.8, 4) is 0 Å². The fourth-order valence-corrected chi connectivity index (χ4v) is 4.36. The Morgan fingerprint density at radius 3 is 1.91 bits per heavy atom. The Balaban J connectivity index is 1.56. The van der Waals surface area contributed by atoms with Crippen molar-refractivity contribution in [1.29, 1.82) is 0 Å². The maximum atomic E-state index is 13.3.